The number of rotatable bonds is 2. The molecule has 1 rings (SSSR count). The Morgan fingerprint density at radius 3 is 2.67 bits per heavy atom. The van der Waals surface area contributed by atoms with E-state index in [1.54, 1.807) is 7.05 Å². The quantitative estimate of drug-likeness (QED) is 0.752. The molecular weight excluding hydrogens is 232 g/mol. The molecule has 1 heterocycles. The molecule has 0 saturated carbocycles. The summed E-state index contributed by atoms with van der Waals surface area (Å²) in [6.45, 7) is 4.41. The number of carboxylic acids is 1. The van der Waals surface area contributed by atoms with Gasteiger partial charge in [-0.05, 0) is 18.3 Å². The number of piperidine rings is 1. The van der Waals surface area contributed by atoms with Crippen LogP contribution in [0.15, 0.2) is 0 Å². The number of hydrogen-bond donors (Lipinski definition) is 1. The minimum atomic E-state index is -0.956. The van der Waals surface area contributed by atoms with Gasteiger partial charge in [-0.2, -0.15) is 0 Å². The third-order valence-corrected chi connectivity index (χ3v) is 3.41. The molecule has 5 heteroatoms. The largest absolute Gasteiger partial charge is 0.480 e. The molecule has 1 saturated heterocycles. The van der Waals surface area contributed by atoms with Gasteiger partial charge in [0.2, 0.25) is 0 Å². The fourth-order valence-corrected chi connectivity index (χ4v) is 2.49. The molecule has 1 aliphatic rings. The first-order valence-electron chi connectivity index (χ1n) is 5.99. The summed E-state index contributed by atoms with van der Waals surface area (Å²) in [5.41, 5.74) is -0.420. The van der Waals surface area contributed by atoms with Gasteiger partial charge in [0.25, 0.3) is 0 Å². The van der Waals surface area contributed by atoms with Crippen LogP contribution in [0.3, 0.4) is 0 Å². The maximum absolute atomic E-state index is 12.2. The zero-order chi connectivity index (χ0) is 13.9. The average Bonchev–Trinajstić information content (AvgIpc) is 2.26. The zero-order valence-corrected chi connectivity index (χ0v) is 11.1. The Balaban J connectivity index is 2.95. The Hall–Kier alpha value is -1.70. The average molecular weight is 252 g/mol. The standard InChI is InChI=1S/C13H20N2O3/c1-5-8-14(4)12(18)15-9-6-7-13(2,3)10(15)11(16)17/h1,10H,6-9H2,2-4H3,(H,16,17). The summed E-state index contributed by atoms with van der Waals surface area (Å²) in [5, 5.41) is 9.35. The van der Waals surface area contributed by atoms with Crippen LogP contribution in [0.1, 0.15) is 26.7 Å². The Morgan fingerprint density at radius 1 is 1.56 bits per heavy atom. The second-order valence-corrected chi connectivity index (χ2v) is 5.37. The molecule has 2 amide bonds. The van der Waals surface area contributed by atoms with E-state index in [1.807, 2.05) is 13.8 Å². The highest BCUT2D eigenvalue weighted by atomic mass is 16.4. The van der Waals surface area contributed by atoms with Crippen LogP contribution in [0.25, 0.3) is 0 Å². The molecule has 1 atom stereocenters. The summed E-state index contributed by atoms with van der Waals surface area (Å²) in [6.07, 6.45) is 6.78. The van der Waals surface area contributed by atoms with Crippen LogP contribution in [-0.2, 0) is 4.79 Å². The summed E-state index contributed by atoms with van der Waals surface area (Å²) in [5.74, 6) is 1.43. The molecule has 1 unspecified atom stereocenters. The SMILES string of the molecule is C#CCN(C)C(=O)N1CCCC(C)(C)C1C(=O)O. The van der Waals surface area contributed by atoms with Crippen LogP contribution in [0.2, 0.25) is 0 Å². The number of nitrogens with zero attached hydrogens (tertiary/aromatic N) is 2. The van der Waals surface area contributed by atoms with Crippen molar-refractivity contribution in [3.8, 4) is 12.3 Å². The monoisotopic (exact) mass is 252 g/mol. The molecule has 100 valence electrons. The second kappa shape index (κ2) is 5.30. The lowest BCUT2D eigenvalue weighted by molar-refractivity contribution is -0.148. The van der Waals surface area contributed by atoms with Crippen molar-refractivity contribution in [2.75, 3.05) is 20.1 Å². The lowest BCUT2D eigenvalue weighted by atomic mass is 9.76. The first-order chi connectivity index (χ1) is 8.31. The number of carbonyl (C=O) groups is 2. The molecule has 18 heavy (non-hydrogen) atoms. The van der Waals surface area contributed by atoms with Gasteiger partial charge in [-0.15, -0.1) is 6.42 Å². The summed E-state index contributed by atoms with van der Waals surface area (Å²) in [4.78, 5) is 26.4. The number of carboxylic acid groups (broad SMARTS) is 1. The number of urea groups is 1. The first kappa shape index (κ1) is 14.4. The molecule has 0 spiro atoms. The first-order valence-corrected chi connectivity index (χ1v) is 5.99. The predicted octanol–water partition coefficient (Wildman–Crippen LogP) is 1.25. The minimum Gasteiger partial charge on any atom is -0.480 e. The van der Waals surface area contributed by atoms with Crippen LogP contribution < -0.4 is 0 Å². The highest BCUT2D eigenvalue weighted by molar-refractivity contribution is 5.83. The highest BCUT2D eigenvalue weighted by Gasteiger charge is 2.45. The van der Waals surface area contributed by atoms with Crippen molar-refractivity contribution >= 4 is 12.0 Å². The minimum absolute atomic E-state index is 0.183. The summed E-state index contributed by atoms with van der Waals surface area (Å²) in [7, 11) is 1.59. The lowest BCUT2D eigenvalue weighted by Gasteiger charge is -2.44. The van der Waals surface area contributed by atoms with Gasteiger partial charge in [0.1, 0.15) is 6.04 Å². The maximum atomic E-state index is 12.2. The van der Waals surface area contributed by atoms with Crippen LogP contribution in [0, 0.1) is 17.8 Å². The Morgan fingerprint density at radius 2 is 2.17 bits per heavy atom. The fraction of sp³-hybridized carbons (Fsp3) is 0.692. The van der Waals surface area contributed by atoms with Crippen molar-refractivity contribution in [3.63, 3.8) is 0 Å². The molecular formula is C13H20N2O3. The van der Waals surface area contributed by atoms with Crippen molar-refractivity contribution in [2.45, 2.75) is 32.7 Å². The van der Waals surface area contributed by atoms with E-state index in [0.717, 1.165) is 12.8 Å². The molecule has 0 aromatic carbocycles. The van der Waals surface area contributed by atoms with Gasteiger partial charge in [-0.3, -0.25) is 0 Å². The molecule has 1 aliphatic heterocycles. The van der Waals surface area contributed by atoms with Gasteiger partial charge in [0.15, 0.2) is 0 Å². The van der Waals surface area contributed by atoms with E-state index in [4.69, 9.17) is 6.42 Å². The topological polar surface area (TPSA) is 60.9 Å². The van der Waals surface area contributed by atoms with E-state index in [9.17, 15) is 14.7 Å². The number of hydrogen-bond acceptors (Lipinski definition) is 2. The van der Waals surface area contributed by atoms with E-state index in [-0.39, 0.29) is 12.6 Å². The summed E-state index contributed by atoms with van der Waals surface area (Å²) < 4.78 is 0. The molecule has 5 nitrogen and oxygen atoms in total. The predicted molar refractivity (Wildman–Crippen MR) is 68.0 cm³/mol. The second-order valence-electron chi connectivity index (χ2n) is 5.37. The van der Waals surface area contributed by atoms with Crippen molar-refractivity contribution < 1.29 is 14.7 Å². The Bertz CT molecular complexity index is 384. The Labute approximate surface area is 108 Å². The maximum Gasteiger partial charge on any atom is 0.327 e. The number of amides is 2. The third kappa shape index (κ3) is 2.76. The highest BCUT2D eigenvalue weighted by Crippen LogP contribution is 2.35. The number of likely N-dealkylation sites (tertiary alicyclic amines) is 1. The van der Waals surface area contributed by atoms with E-state index in [2.05, 4.69) is 5.92 Å². The smallest absolute Gasteiger partial charge is 0.327 e. The van der Waals surface area contributed by atoms with Crippen LogP contribution in [0.5, 0.6) is 0 Å². The molecule has 0 aromatic rings. The number of aliphatic carboxylic acids is 1. The van der Waals surface area contributed by atoms with Crippen LogP contribution in [-0.4, -0.2) is 53.1 Å². The van der Waals surface area contributed by atoms with Crippen molar-refractivity contribution in [1.29, 1.82) is 0 Å². The van der Waals surface area contributed by atoms with Crippen molar-refractivity contribution in [1.82, 2.24) is 9.80 Å². The van der Waals surface area contributed by atoms with Crippen molar-refractivity contribution in [2.24, 2.45) is 5.41 Å². The zero-order valence-electron chi connectivity index (χ0n) is 11.1. The van der Waals surface area contributed by atoms with Crippen molar-refractivity contribution in [3.05, 3.63) is 0 Å². The number of terminal acetylenes is 1. The molecule has 0 aliphatic carbocycles. The van der Waals surface area contributed by atoms with Crippen LogP contribution >= 0.6 is 0 Å². The van der Waals surface area contributed by atoms with E-state index >= 15 is 0 Å². The van der Waals surface area contributed by atoms with Gasteiger partial charge < -0.3 is 14.9 Å². The third-order valence-electron chi connectivity index (χ3n) is 3.41. The van der Waals surface area contributed by atoms with Gasteiger partial charge in [-0.1, -0.05) is 19.8 Å². The molecule has 0 bridgehead atoms. The van der Waals surface area contributed by atoms with Gasteiger partial charge in [-0.25, -0.2) is 9.59 Å². The normalized spacial score (nSPS) is 22.1. The van der Waals surface area contributed by atoms with E-state index < -0.39 is 17.4 Å². The number of carbonyl (C=O) groups excluding carboxylic acids is 1. The van der Waals surface area contributed by atoms with Gasteiger partial charge in [0.05, 0.1) is 6.54 Å². The summed E-state index contributed by atoms with van der Waals surface area (Å²) >= 11 is 0. The summed E-state index contributed by atoms with van der Waals surface area (Å²) in [6, 6.07) is -1.10. The molecule has 1 fully saturated rings. The van der Waals surface area contributed by atoms with Gasteiger partial charge in [0, 0.05) is 13.6 Å². The van der Waals surface area contributed by atoms with E-state index in [0.29, 0.717) is 6.54 Å². The lowest BCUT2D eigenvalue weighted by Crippen LogP contribution is -2.58. The Kier molecular flexibility index (Phi) is 4.23. The van der Waals surface area contributed by atoms with E-state index in [1.165, 1.54) is 9.80 Å². The molecule has 0 radical (unpaired) electrons. The fourth-order valence-electron chi connectivity index (χ4n) is 2.49. The van der Waals surface area contributed by atoms with Crippen LogP contribution in [0.4, 0.5) is 4.79 Å². The molecule has 1 N–H and O–H groups in total. The molecule has 0 aromatic heterocycles. The van der Waals surface area contributed by atoms with Gasteiger partial charge >= 0.3 is 12.0 Å².